The highest BCUT2D eigenvalue weighted by atomic mass is 32.2. The topological polar surface area (TPSA) is 105 Å². The lowest BCUT2D eigenvalue weighted by molar-refractivity contribution is -0.170. The number of hydrogen-bond acceptors (Lipinski definition) is 8. The molecule has 1 aliphatic rings. The average molecular weight is 376 g/mol. The molecule has 0 aromatic carbocycles. The summed E-state index contributed by atoms with van der Waals surface area (Å²) in [6.07, 6.45) is -6.91. The predicted molar refractivity (Wildman–Crippen MR) is 71.2 cm³/mol. The maximum Gasteiger partial charge on any atom is 0.422 e. The Morgan fingerprint density at radius 1 is 1.29 bits per heavy atom. The molecule has 0 aliphatic carbocycles. The van der Waals surface area contributed by atoms with Gasteiger partial charge in [0.2, 0.25) is 0 Å². The predicted octanol–water partition coefficient (Wildman–Crippen LogP) is 0.325. The van der Waals surface area contributed by atoms with E-state index in [0.717, 1.165) is 0 Å². The van der Waals surface area contributed by atoms with Crippen LogP contribution in [0.15, 0.2) is 12.2 Å². The van der Waals surface area contributed by atoms with Crippen molar-refractivity contribution in [2.45, 2.75) is 24.8 Å². The van der Waals surface area contributed by atoms with Gasteiger partial charge in [0.05, 0.1) is 11.9 Å². The fraction of sp³-hybridized carbons (Fsp3) is 0.667. The number of ether oxygens (including phenoxy) is 3. The first-order valence-electron chi connectivity index (χ1n) is 6.49. The van der Waals surface area contributed by atoms with Crippen LogP contribution in [0.3, 0.4) is 0 Å². The van der Waals surface area contributed by atoms with Crippen molar-refractivity contribution >= 4 is 22.1 Å². The highest BCUT2D eigenvalue weighted by molar-refractivity contribution is 7.86. The first-order chi connectivity index (χ1) is 11.0. The van der Waals surface area contributed by atoms with Crippen molar-refractivity contribution < 1.29 is 49.6 Å². The second-order valence-corrected chi connectivity index (χ2v) is 6.45. The summed E-state index contributed by atoms with van der Waals surface area (Å²) in [6, 6.07) is 0. The maximum atomic E-state index is 12.2. The molecule has 12 heteroatoms. The number of alkyl halides is 3. The van der Waals surface area contributed by atoms with Crippen molar-refractivity contribution in [3.63, 3.8) is 0 Å². The smallest absolute Gasteiger partial charge is 0.422 e. The first kappa shape index (κ1) is 20.4. The lowest BCUT2D eigenvalue weighted by Gasteiger charge is -2.22. The molecule has 0 bridgehead atoms. The van der Waals surface area contributed by atoms with E-state index in [1.807, 2.05) is 0 Å². The van der Waals surface area contributed by atoms with Gasteiger partial charge in [0.15, 0.2) is 12.7 Å². The van der Waals surface area contributed by atoms with Crippen LogP contribution in [0.1, 0.15) is 6.42 Å². The molecule has 2 unspecified atom stereocenters. The molecule has 8 nitrogen and oxygen atoms in total. The molecule has 0 saturated carbocycles. The second kappa shape index (κ2) is 7.94. The monoisotopic (exact) mass is 376 g/mol. The van der Waals surface area contributed by atoms with Crippen LogP contribution in [-0.4, -0.2) is 64.8 Å². The van der Waals surface area contributed by atoms with E-state index >= 15 is 0 Å². The van der Waals surface area contributed by atoms with Crippen LogP contribution in [0.5, 0.6) is 0 Å². The van der Waals surface area contributed by atoms with Crippen molar-refractivity contribution in [2.24, 2.45) is 0 Å². The van der Waals surface area contributed by atoms with Crippen molar-refractivity contribution in [3.8, 4) is 0 Å². The first-order valence-corrected chi connectivity index (χ1v) is 8.06. The lowest BCUT2D eigenvalue weighted by atomic mass is 10.1. The van der Waals surface area contributed by atoms with E-state index in [9.17, 15) is 31.2 Å². The molecule has 0 aromatic heterocycles. The van der Waals surface area contributed by atoms with Gasteiger partial charge in [-0.1, -0.05) is 6.58 Å². The average Bonchev–Trinajstić information content (AvgIpc) is 2.62. The Morgan fingerprint density at radius 3 is 2.46 bits per heavy atom. The van der Waals surface area contributed by atoms with Gasteiger partial charge in [-0.25, -0.2) is 9.59 Å². The molecule has 1 rings (SSSR count). The van der Waals surface area contributed by atoms with E-state index in [1.54, 1.807) is 0 Å². The highest BCUT2D eigenvalue weighted by Crippen LogP contribution is 2.24. The Hall–Kier alpha value is -1.66. The third kappa shape index (κ3) is 6.09. The zero-order valence-electron chi connectivity index (χ0n) is 12.5. The third-order valence-corrected chi connectivity index (χ3v) is 4.21. The minimum Gasteiger partial charge on any atom is -0.455 e. The number of halogens is 3. The molecule has 24 heavy (non-hydrogen) atoms. The zero-order valence-corrected chi connectivity index (χ0v) is 13.3. The third-order valence-electron chi connectivity index (χ3n) is 2.97. The molecular formula is C12H15F3O8S. The summed E-state index contributed by atoms with van der Waals surface area (Å²) >= 11 is 0. The summed E-state index contributed by atoms with van der Waals surface area (Å²) in [4.78, 5) is 22.6. The molecule has 0 N–H and O–H groups in total. The molecule has 0 radical (unpaired) electrons. The molecule has 0 spiro atoms. The van der Waals surface area contributed by atoms with E-state index < -0.39 is 59.2 Å². The van der Waals surface area contributed by atoms with E-state index in [-0.39, 0.29) is 12.2 Å². The fourth-order valence-corrected chi connectivity index (χ4v) is 2.67. The SMILES string of the molecule is C=C(C(=O)OCC(=O)OC1COS(=O)(=O)CCC1OC)C(F)(F)F. The van der Waals surface area contributed by atoms with Crippen LogP contribution in [0.4, 0.5) is 13.2 Å². The van der Waals surface area contributed by atoms with Gasteiger partial charge < -0.3 is 14.2 Å². The number of esters is 2. The summed E-state index contributed by atoms with van der Waals surface area (Å²) in [5, 5.41) is 0. The van der Waals surface area contributed by atoms with Crippen LogP contribution in [0, 0.1) is 0 Å². The molecule has 0 amide bonds. The molecule has 1 fully saturated rings. The summed E-state index contributed by atoms with van der Waals surface area (Å²) < 4.78 is 77.9. The summed E-state index contributed by atoms with van der Waals surface area (Å²) in [7, 11) is -2.52. The van der Waals surface area contributed by atoms with Crippen LogP contribution in [-0.2, 0) is 38.1 Å². The Bertz CT molecular complexity index is 598. The van der Waals surface area contributed by atoms with Gasteiger partial charge in [0.25, 0.3) is 10.1 Å². The van der Waals surface area contributed by atoms with Crippen molar-refractivity contribution in [1.82, 2.24) is 0 Å². The van der Waals surface area contributed by atoms with E-state index in [4.69, 9.17) is 9.47 Å². The number of methoxy groups -OCH3 is 1. The van der Waals surface area contributed by atoms with Gasteiger partial charge in [-0.15, -0.1) is 0 Å². The van der Waals surface area contributed by atoms with Gasteiger partial charge in [0, 0.05) is 7.11 Å². The molecule has 138 valence electrons. The fourth-order valence-electron chi connectivity index (χ4n) is 1.69. The van der Waals surface area contributed by atoms with Crippen molar-refractivity contribution in [2.75, 3.05) is 26.1 Å². The molecule has 1 heterocycles. The molecule has 0 aromatic rings. The minimum atomic E-state index is -4.98. The van der Waals surface area contributed by atoms with Crippen LogP contribution in [0.2, 0.25) is 0 Å². The van der Waals surface area contributed by atoms with E-state index in [1.165, 1.54) is 7.11 Å². The minimum absolute atomic E-state index is 0.0125. The second-order valence-electron chi connectivity index (χ2n) is 4.69. The van der Waals surface area contributed by atoms with Gasteiger partial charge >= 0.3 is 18.1 Å². The van der Waals surface area contributed by atoms with Crippen LogP contribution < -0.4 is 0 Å². The lowest BCUT2D eigenvalue weighted by Crippen LogP contribution is -2.36. The number of carbonyl (C=O) groups is 2. The number of hydrogen-bond donors (Lipinski definition) is 0. The standard InChI is InChI=1S/C12H15F3O8S/c1-7(12(13,14)15)11(17)21-6-10(16)23-9-5-22-24(18,19)4-3-8(9)20-2/h8-9H,1,3-6H2,2H3. The Morgan fingerprint density at radius 2 is 1.92 bits per heavy atom. The Balaban J connectivity index is 2.57. The number of carbonyl (C=O) groups excluding carboxylic acids is 2. The highest BCUT2D eigenvalue weighted by Gasteiger charge is 2.38. The largest absolute Gasteiger partial charge is 0.455 e. The van der Waals surface area contributed by atoms with Crippen LogP contribution >= 0.6 is 0 Å². The quantitative estimate of drug-likeness (QED) is 0.384. The van der Waals surface area contributed by atoms with Gasteiger partial charge in [-0.05, 0) is 6.42 Å². The molecule has 1 saturated heterocycles. The summed E-state index contributed by atoms with van der Waals surface area (Å²) in [6.45, 7) is 0.893. The Kier molecular flexibility index (Phi) is 6.75. The van der Waals surface area contributed by atoms with E-state index in [2.05, 4.69) is 15.5 Å². The van der Waals surface area contributed by atoms with Gasteiger partial charge in [-0.3, -0.25) is 4.18 Å². The normalized spacial score (nSPS) is 23.8. The molecule has 2 atom stereocenters. The van der Waals surface area contributed by atoms with Crippen LogP contribution in [0.25, 0.3) is 0 Å². The van der Waals surface area contributed by atoms with Gasteiger partial charge in [0.1, 0.15) is 12.2 Å². The van der Waals surface area contributed by atoms with Gasteiger partial charge in [-0.2, -0.15) is 21.6 Å². The maximum absolute atomic E-state index is 12.2. The zero-order chi connectivity index (χ0) is 18.5. The molecule has 1 aliphatic heterocycles. The van der Waals surface area contributed by atoms with Crippen molar-refractivity contribution in [1.29, 1.82) is 0 Å². The summed E-state index contributed by atoms with van der Waals surface area (Å²) in [5.41, 5.74) is -1.77. The Labute approximate surface area is 135 Å². The van der Waals surface area contributed by atoms with E-state index in [0.29, 0.717) is 0 Å². The van der Waals surface area contributed by atoms with Crippen molar-refractivity contribution in [3.05, 3.63) is 12.2 Å². The molecular weight excluding hydrogens is 361 g/mol. The summed E-state index contributed by atoms with van der Waals surface area (Å²) in [5.74, 6) is -3.35. The number of rotatable bonds is 5.